The molecule has 0 aromatic heterocycles. The maximum Gasteiger partial charge on any atom is 0.258 e. The molecule has 0 saturated heterocycles. The van der Waals surface area contributed by atoms with Gasteiger partial charge >= 0.3 is 0 Å². The van der Waals surface area contributed by atoms with Crippen molar-refractivity contribution in [3.63, 3.8) is 0 Å². The highest BCUT2D eigenvalue weighted by Crippen LogP contribution is 2.28. The predicted molar refractivity (Wildman–Crippen MR) is 92.7 cm³/mol. The lowest BCUT2D eigenvalue weighted by atomic mass is 10.2. The Labute approximate surface area is 146 Å². The van der Waals surface area contributed by atoms with Gasteiger partial charge < -0.3 is 19.5 Å². The van der Waals surface area contributed by atoms with Crippen LogP contribution in [-0.4, -0.2) is 26.2 Å². The molecule has 0 heterocycles. The summed E-state index contributed by atoms with van der Waals surface area (Å²) in [5.74, 6) is 1.32. The van der Waals surface area contributed by atoms with Crippen molar-refractivity contribution in [2.45, 2.75) is 13.5 Å². The van der Waals surface area contributed by atoms with E-state index in [2.05, 4.69) is 5.32 Å². The van der Waals surface area contributed by atoms with E-state index in [1.54, 1.807) is 25.3 Å². The van der Waals surface area contributed by atoms with Gasteiger partial charge in [-0.15, -0.1) is 0 Å². The molecule has 1 amide bonds. The van der Waals surface area contributed by atoms with E-state index in [1.165, 1.54) is 0 Å². The zero-order valence-corrected chi connectivity index (χ0v) is 14.2. The van der Waals surface area contributed by atoms with E-state index in [4.69, 9.17) is 19.5 Å². The van der Waals surface area contributed by atoms with E-state index in [9.17, 15) is 4.79 Å². The van der Waals surface area contributed by atoms with Crippen LogP contribution < -0.4 is 19.5 Å². The highest BCUT2D eigenvalue weighted by Gasteiger charge is 2.10. The number of para-hydroxylation sites is 1. The van der Waals surface area contributed by atoms with Crippen LogP contribution in [-0.2, 0) is 11.3 Å². The number of carbonyl (C=O) groups is 1. The molecule has 2 aromatic carbocycles. The maximum atomic E-state index is 12.0. The molecule has 0 spiro atoms. The van der Waals surface area contributed by atoms with Gasteiger partial charge in [-0.05, 0) is 25.1 Å². The largest absolute Gasteiger partial charge is 0.496 e. The summed E-state index contributed by atoms with van der Waals surface area (Å²) in [6.07, 6.45) is 0. The molecule has 0 fully saturated rings. The number of nitrogens with one attached hydrogen (secondary N) is 1. The first-order chi connectivity index (χ1) is 12.2. The third-order valence-electron chi connectivity index (χ3n) is 3.40. The van der Waals surface area contributed by atoms with Crippen molar-refractivity contribution in [1.29, 1.82) is 5.26 Å². The molecule has 0 aliphatic heterocycles. The quantitative estimate of drug-likeness (QED) is 0.799. The molecule has 6 nitrogen and oxygen atoms in total. The maximum absolute atomic E-state index is 12.0. The second kappa shape index (κ2) is 9.18. The average molecular weight is 340 g/mol. The fourth-order valence-corrected chi connectivity index (χ4v) is 2.20. The lowest BCUT2D eigenvalue weighted by Gasteiger charge is -2.13. The minimum Gasteiger partial charge on any atom is -0.496 e. The van der Waals surface area contributed by atoms with Crippen LogP contribution in [0.25, 0.3) is 0 Å². The molecule has 0 radical (unpaired) electrons. The number of nitrogens with zero attached hydrogens (tertiary/aromatic N) is 1. The van der Waals surface area contributed by atoms with Gasteiger partial charge in [-0.1, -0.05) is 18.2 Å². The normalized spacial score (nSPS) is 9.80. The monoisotopic (exact) mass is 340 g/mol. The number of amides is 1. The van der Waals surface area contributed by atoms with Crippen LogP contribution in [0.4, 0.5) is 0 Å². The highest BCUT2D eigenvalue weighted by molar-refractivity contribution is 5.77. The van der Waals surface area contributed by atoms with Gasteiger partial charge in [0.15, 0.2) is 18.1 Å². The molecule has 2 aromatic rings. The van der Waals surface area contributed by atoms with Crippen molar-refractivity contribution in [2.75, 3.05) is 20.3 Å². The van der Waals surface area contributed by atoms with E-state index in [-0.39, 0.29) is 12.5 Å². The summed E-state index contributed by atoms with van der Waals surface area (Å²) in [5.41, 5.74) is 1.35. The molecule has 6 heteroatoms. The molecule has 0 atom stereocenters. The zero-order valence-electron chi connectivity index (χ0n) is 14.2. The average Bonchev–Trinajstić information content (AvgIpc) is 2.65. The fourth-order valence-electron chi connectivity index (χ4n) is 2.20. The van der Waals surface area contributed by atoms with Gasteiger partial charge in [0.25, 0.3) is 5.91 Å². The summed E-state index contributed by atoms with van der Waals surface area (Å²) in [6, 6.07) is 14.3. The summed E-state index contributed by atoms with van der Waals surface area (Å²) in [4.78, 5) is 12.0. The standard InChI is InChI=1S/C19H20N2O4/c1-3-24-18-10-14(11-20)8-9-17(18)25-13-19(22)21-12-15-6-4-5-7-16(15)23-2/h4-10H,3,12-13H2,1-2H3,(H,21,22). The Morgan fingerprint density at radius 3 is 2.64 bits per heavy atom. The Morgan fingerprint density at radius 1 is 1.12 bits per heavy atom. The molecule has 130 valence electrons. The smallest absolute Gasteiger partial charge is 0.258 e. The number of ether oxygens (including phenoxy) is 3. The minimum atomic E-state index is -0.266. The fraction of sp³-hybridized carbons (Fsp3) is 0.263. The van der Waals surface area contributed by atoms with Gasteiger partial charge in [0.05, 0.1) is 25.3 Å². The second-order valence-electron chi connectivity index (χ2n) is 5.08. The van der Waals surface area contributed by atoms with Crippen molar-refractivity contribution in [3.05, 3.63) is 53.6 Å². The zero-order chi connectivity index (χ0) is 18.1. The van der Waals surface area contributed by atoms with Crippen LogP contribution >= 0.6 is 0 Å². The van der Waals surface area contributed by atoms with Crippen LogP contribution in [0.3, 0.4) is 0 Å². The van der Waals surface area contributed by atoms with Crippen LogP contribution in [0.5, 0.6) is 17.2 Å². The molecule has 1 N–H and O–H groups in total. The number of benzene rings is 2. The number of hydrogen-bond acceptors (Lipinski definition) is 5. The first-order valence-electron chi connectivity index (χ1n) is 7.86. The summed E-state index contributed by atoms with van der Waals surface area (Å²) < 4.78 is 16.2. The molecule has 0 bridgehead atoms. The Kier molecular flexibility index (Phi) is 6.66. The van der Waals surface area contributed by atoms with E-state index in [0.29, 0.717) is 30.2 Å². The summed E-state index contributed by atoms with van der Waals surface area (Å²) in [7, 11) is 1.59. The van der Waals surface area contributed by atoms with Crippen LogP contribution in [0.2, 0.25) is 0 Å². The van der Waals surface area contributed by atoms with Crippen LogP contribution in [0.1, 0.15) is 18.1 Å². The molecule has 0 aliphatic carbocycles. The predicted octanol–water partition coefficient (Wildman–Crippen LogP) is 2.66. The number of hydrogen-bond donors (Lipinski definition) is 1. The molecular weight excluding hydrogens is 320 g/mol. The van der Waals surface area contributed by atoms with Gasteiger partial charge in [-0.3, -0.25) is 4.79 Å². The van der Waals surface area contributed by atoms with Crippen molar-refractivity contribution < 1.29 is 19.0 Å². The molecule has 0 aliphatic rings. The second-order valence-corrected chi connectivity index (χ2v) is 5.08. The van der Waals surface area contributed by atoms with Crippen LogP contribution in [0.15, 0.2) is 42.5 Å². The Balaban J connectivity index is 1.93. The Bertz CT molecular complexity index is 768. The number of nitriles is 1. The summed E-state index contributed by atoms with van der Waals surface area (Å²) in [6.45, 7) is 2.47. The van der Waals surface area contributed by atoms with Gasteiger partial charge in [0.1, 0.15) is 5.75 Å². The number of rotatable bonds is 8. The third kappa shape index (κ3) is 5.15. The molecule has 0 saturated carbocycles. The van der Waals surface area contributed by atoms with Gasteiger partial charge in [0.2, 0.25) is 0 Å². The molecular formula is C19H20N2O4. The minimum absolute atomic E-state index is 0.152. The molecule has 0 unspecified atom stereocenters. The van der Waals surface area contributed by atoms with Crippen LogP contribution in [0, 0.1) is 11.3 Å². The number of carbonyl (C=O) groups excluding carboxylic acids is 1. The van der Waals surface area contributed by atoms with Crippen molar-refractivity contribution in [1.82, 2.24) is 5.32 Å². The number of methoxy groups -OCH3 is 1. The first-order valence-corrected chi connectivity index (χ1v) is 7.86. The Hall–Kier alpha value is -3.20. The van der Waals surface area contributed by atoms with Crippen molar-refractivity contribution >= 4 is 5.91 Å². The van der Waals surface area contributed by atoms with Gasteiger partial charge in [-0.2, -0.15) is 5.26 Å². The summed E-state index contributed by atoms with van der Waals surface area (Å²) >= 11 is 0. The first kappa shape index (κ1) is 18.1. The topological polar surface area (TPSA) is 80.6 Å². The van der Waals surface area contributed by atoms with E-state index >= 15 is 0 Å². The van der Waals surface area contributed by atoms with Gasteiger partial charge in [0, 0.05) is 18.2 Å². The van der Waals surface area contributed by atoms with Gasteiger partial charge in [-0.25, -0.2) is 0 Å². The lowest BCUT2D eigenvalue weighted by molar-refractivity contribution is -0.123. The SMILES string of the molecule is CCOc1cc(C#N)ccc1OCC(=O)NCc1ccccc1OC. The van der Waals surface area contributed by atoms with Crippen molar-refractivity contribution in [2.24, 2.45) is 0 Å². The Morgan fingerprint density at radius 2 is 1.92 bits per heavy atom. The molecule has 25 heavy (non-hydrogen) atoms. The van der Waals surface area contributed by atoms with E-state index < -0.39 is 0 Å². The highest BCUT2D eigenvalue weighted by atomic mass is 16.5. The van der Waals surface area contributed by atoms with E-state index in [1.807, 2.05) is 37.3 Å². The van der Waals surface area contributed by atoms with E-state index in [0.717, 1.165) is 11.3 Å². The van der Waals surface area contributed by atoms with Crippen molar-refractivity contribution in [3.8, 4) is 23.3 Å². The molecule has 2 rings (SSSR count). The summed E-state index contributed by atoms with van der Waals surface area (Å²) in [5, 5.41) is 11.7. The lowest BCUT2D eigenvalue weighted by Crippen LogP contribution is -2.28. The third-order valence-corrected chi connectivity index (χ3v) is 3.40.